The van der Waals surface area contributed by atoms with E-state index in [9.17, 15) is 4.79 Å². The summed E-state index contributed by atoms with van der Waals surface area (Å²) in [6, 6.07) is 0. The molecule has 1 aliphatic rings. The van der Waals surface area contributed by atoms with Crippen molar-refractivity contribution < 1.29 is 9.53 Å². The molecule has 0 aromatic carbocycles. The number of carbonyl (C=O) groups is 1. The Kier molecular flexibility index (Phi) is 11.8. The molecule has 1 aliphatic heterocycles. The Labute approximate surface area is 118 Å². The SMILES string of the molecule is CC.CCCCOC(=O)N1CCC(CCCN)CC1. The van der Waals surface area contributed by atoms with Crippen LogP contribution in [0.25, 0.3) is 0 Å². The van der Waals surface area contributed by atoms with Crippen LogP contribution in [0.2, 0.25) is 0 Å². The molecule has 0 atom stereocenters. The van der Waals surface area contributed by atoms with Gasteiger partial charge in [0, 0.05) is 13.1 Å². The number of likely N-dealkylation sites (tertiary alicyclic amines) is 1. The summed E-state index contributed by atoms with van der Waals surface area (Å²) in [6.45, 7) is 9.12. The molecule has 19 heavy (non-hydrogen) atoms. The quantitative estimate of drug-likeness (QED) is 0.754. The topological polar surface area (TPSA) is 55.6 Å². The minimum Gasteiger partial charge on any atom is -0.449 e. The third-order valence-electron chi connectivity index (χ3n) is 3.41. The van der Waals surface area contributed by atoms with Gasteiger partial charge in [-0.25, -0.2) is 4.79 Å². The van der Waals surface area contributed by atoms with Crippen molar-refractivity contribution in [2.24, 2.45) is 11.7 Å². The Morgan fingerprint density at radius 3 is 2.42 bits per heavy atom. The lowest BCUT2D eigenvalue weighted by Gasteiger charge is -2.31. The number of nitrogens with two attached hydrogens (primary N) is 1. The smallest absolute Gasteiger partial charge is 0.409 e. The molecule has 114 valence electrons. The number of hydrogen-bond donors (Lipinski definition) is 1. The Morgan fingerprint density at radius 1 is 1.26 bits per heavy atom. The maximum Gasteiger partial charge on any atom is 0.409 e. The number of carbonyl (C=O) groups excluding carboxylic acids is 1. The van der Waals surface area contributed by atoms with Gasteiger partial charge in [0.25, 0.3) is 0 Å². The number of nitrogens with zero attached hydrogens (tertiary/aromatic N) is 1. The first-order valence-corrected chi connectivity index (χ1v) is 7.89. The predicted molar refractivity (Wildman–Crippen MR) is 80.2 cm³/mol. The van der Waals surface area contributed by atoms with Gasteiger partial charge >= 0.3 is 6.09 Å². The average Bonchev–Trinajstić information content (AvgIpc) is 2.48. The first-order valence-electron chi connectivity index (χ1n) is 7.89. The van der Waals surface area contributed by atoms with Crippen LogP contribution in [0.15, 0.2) is 0 Å². The van der Waals surface area contributed by atoms with E-state index in [4.69, 9.17) is 10.5 Å². The summed E-state index contributed by atoms with van der Waals surface area (Å²) in [5.41, 5.74) is 5.50. The summed E-state index contributed by atoms with van der Waals surface area (Å²) in [5, 5.41) is 0. The molecule has 1 rings (SSSR count). The third kappa shape index (κ3) is 8.09. The highest BCUT2D eigenvalue weighted by atomic mass is 16.6. The highest BCUT2D eigenvalue weighted by molar-refractivity contribution is 5.67. The van der Waals surface area contributed by atoms with Gasteiger partial charge in [-0.05, 0) is 44.6 Å². The first-order chi connectivity index (χ1) is 9.27. The van der Waals surface area contributed by atoms with Gasteiger partial charge in [0.15, 0.2) is 0 Å². The molecule has 0 bridgehead atoms. The predicted octanol–water partition coefficient (Wildman–Crippen LogP) is 3.40. The molecular formula is C15H32N2O2. The van der Waals surface area contributed by atoms with E-state index in [0.717, 1.165) is 57.7 Å². The number of unbranched alkanes of at least 4 members (excludes halogenated alkanes) is 1. The zero-order chi connectivity index (χ0) is 14.5. The molecule has 1 heterocycles. The van der Waals surface area contributed by atoms with Crippen molar-refractivity contribution in [2.45, 2.75) is 59.3 Å². The fraction of sp³-hybridized carbons (Fsp3) is 0.933. The van der Waals surface area contributed by atoms with Gasteiger partial charge in [0.05, 0.1) is 6.61 Å². The van der Waals surface area contributed by atoms with Crippen LogP contribution in [-0.4, -0.2) is 37.2 Å². The maximum atomic E-state index is 11.7. The van der Waals surface area contributed by atoms with Crippen LogP contribution in [0.3, 0.4) is 0 Å². The second-order valence-corrected chi connectivity index (χ2v) is 4.83. The third-order valence-corrected chi connectivity index (χ3v) is 3.41. The van der Waals surface area contributed by atoms with Crippen LogP contribution < -0.4 is 5.73 Å². The largest absolute Gasteiger partial charge is 0.449 e. The Balaban J connectivity index is 0.00000154. The van der Waals surface area contributed by atoms with Crippen LogP contribution in [0.4, 0.5) is 4.79 Å². The molecule has 1 amide bonds. The minimum atomic E-state index is -0.129. The van der Waals surface area contributed by atoms with E-state index in [0.29, 0.717) is 6.61 Å². The standard InChI is InChI=1S/C13H26N2O2.C2H6/c1-2-3-11-17-13(16)15-9-6-12(7-10-15)5-4-8-14;1-2/h12H,2-11,14H2,1H3;1-2H3. The molecule has 0 spiro atoms. The van der Waals surface area contributed by atoms with Crippen LogP contribution in [0.5, 0.6) is 0 Å². The Morgan fingerprint density at radius 2 is 1.89 bits per heavy atom. The summed E-state index contributed by atoms with van der Waals surface area (Å²) in [7, 11) is 0. The van der Waals surface area contributed by atoms with Crippen LogP contribution in [0, 0.1) is 5.92 Å². The lowest BCUT2D eigenvalue weighted by molar-refractivity contribution is 0.0857. The van der Waals surface area contributed by atoms with E-state index in [1.54, 1.807) is 0 Å². The van der Waals surface area contributed by atoms with Crippen LogP contribution in [0.1, 0.15) is 59.3 Å². The maximum absolute atomic E-state index is 11.7. The molecule has 1 fully saturated rings. The summed E-state index contributed by atoms with van der Waals surface area (Å²) >= 11 is 0. The second kappa shape index (κ2) is 12.3. The number of amides is 1. The van der Waals surface area contributed by atoms with E-state index in [-0.39, 0.29) is 6.09 Å². The monoisotopic (exact) mass is 272 g/mol. The lowest BCUT2D eigenvalue weighted by Crippen LogP contribution is -2.39. The van der Waals surface area contributed by atoms with Crippen molar-refractivity contribution in [3.05, 3.63) is 0 Å². The Hall–Kier alpha value is -0.770. The number of rotatable bonds is 6. The molecule has 0 radical (unpaired) electrons. The van der Waals surface area contributed by atoms with Gasteiger partial charge in [-0.1, -0.05) is 27.2 Å². The molecule has 0 unspecified atom stereocenters. The van der Waals surface area contributed by atoms with Gasteiger partial charge in [-0.3, -0.25) is 0 Å². The fourth-order valence-electron chi connectivity index (χ4n) is 2.21. The molecule has 0 aliphatic carbocycles. The van der Waals surface area contributed by atoms with Crippen molar-refractivity contribution in [3.8, 4) is 0 Å². The molecule has 1 saturated heterocycles. The molecule has 2 N–H and O–H groups in total. The normalized spacial score (nSPS) is 15.7. The molecule has 0 aromatic rings. The summed E-state index contributed by atoms with van der Waals surface area (Å²) in [5.74, 6) is 0.748. The van der Waals surface area contributed by atoms with Crippen molar-refractivity contribution in [1.82, 2.24) is 4.90 Å². The lowest BCUT2D eigenvalue weighted by atomic mass is 9.92. The molecular weight excluding hydrogens is 240 g/mol. The van der Waals surface area contributed by atoms with Crippen LogP contribution >= 0.6 is 0 Å². The summed E-state index contributed by atoms with van der Waals surface area (Å²) in [6.07, 6.45) is 6.40. The van der Waals surface area contributed by atoms with E-state index in [2.05, 4.69) is 6.92 Å². The highest BCUT2D eigenvalue weighted by Gasteiger charge is 2.23. The van der Waals surface area contributed by atoms with Gasteiger partial charge in [0.1, 0.15) is 0 Å². The number of ether oxygens (including phenoxy) is 1. The highest BCUT2D eigenvalue weighted by Crippen LogP contribution is 2.21. The van der Waals surface area contributed by atoms with Gasteiger partial charge in [0.2, 0.25) is 0 Å². The zero-order valence-electron chi connectivity index (χ0n) is 13.0. The molecule has 4 nitrogen and oxygen atoms in total. The fourth-order valence-corrected chi connectivity index (χ4v) is 2.21. The molecule has 0 aromatic heterocycles. The second-order valence-electron chi connectivity index (χ2n) is 4.83. The molecule has 4 heteroatoms. The van der Waals surface area contributed by atoms with E-state index in [1.807, 2.05) is 18.7 Å². The zero-order valence-corrected chi connectivity index (χ0v) is 13.0. The van der Waals surface area contributed by atoms with Crippen molar-refractivity contribution in [1.29, 1.82) is 0 Å². The summed E-state index contributed by atoms with van der Waals surface area (Å²) in [4.78, 5) is 13.5. The van der Waals surface area contributed by atoms with Crippen molar-refractivity contribution >= 4 is 6.09 Å². The van der Waals surface area contributed by atoms with E-state index < -0.39 is 0 Å². The number of hydrogen-bond acceptors (Lipinski definition) is 3. The van der Waals surface area contributed by atoms with Crippen molar-refractivity contribution in [3.63, 3.8) is 0 Å². The van der Waals surface area contributed by atoms with Gasteiger partial charge in [-0.15, -0.1) is 0 Å². The van der Waals surface area contributed by atoms with E-state index in [1.165, 1.54) is 6.42 Å². The van der Waals surface area contributed by atoms with E-state index >= 15 is 0 Å². The van der Waals surface area contributed by atoms with Gasteiger partial charge < -0.3 is 15.4 Å². The van der Waals surface area contributed by atoms with Gasteiger partial charge in [-0.2, -0.15) is 0 Å². The Bertz CT molecular complexity index is 214. The van der Waals surface area contributed by atoms with Crippen LogP contribution in [-0.2, 0) is 4.74 Å². The minimum absolute atomic E-state index is 0.129. The summed E-state index contributed by atoms with van der Waals surface area (Å²) < 4.78 is 5.21. The average molecular weight is 272 g/mol. The first kappa shape index (κ1) is 18.2. The number of piperidine rings is 1. The van der Waals surface area contributed by atoms with Crippen molar-refractivity contribution in [2.75, 3.05) is 26.2 Å². The molecule has 0 saturated carbocycles.